The van der Waals surface area contributed by atoms with Gasteiger partial charge < -0.3 is 14.9 Å². The van der Waals surface area contributed by atoms with Gasteiger partial charge in [0.25, 0.3) is 0 Å². The maximum absolute atomic E-state index is 12.9. The number of piperidine rings is 2. The van der Waals surface area contributed by atoms with Crippen molar-refractivity contribution in [1.82, 2.24) is 9.88 Å². The van der Waals surface area contributed by atoms with Crippen molar-refractivity contribution in [2.45, 2.75) is 38.5 Å². The van der Waals surface area contributed by atoms with E-state index in [1.165, 1.54) is 0 Å². The predicted molar refractivity (Wildman–Crippen MR) is 100 cm³/mol. The van der Waals surface area contributed by atoms with Gasteiger partial charge in [-0.25, -0.2) is 4.98 Å². The Morgan fingerprint density at radius 3 is 2.62 bits per heavy atom. The summed E-state index contributed by atoms with van der Waals surface area (Å²) < 4.78 is 0. The van der Waals surface area contributed by atoms with E-state index < -0.39 is 5.97 Å². The molecule has 1 amide bonds. The molecule has 0 aromatic carbocycles. The van der Waals surface area contributed by atoms with Gasteiger partial charge in [0, 0.05) is 44.7 Å². The zero-order chi connectivity index (χ0) is 18.5. The molecule has 142 valence electrons. The number of aromatic nitrogens is 1. The lowest BCUT2D eigenvalue weighted by Crippen LogP contribution is -2.46. The quantitative estimate of drug-likeness (QED) is 0.851. The van der Waals surface area contributed by atoms with Crippen LogP contribution in [0.4, 0.5) is 5.82 Å². The number of hydrogen-bond acceptors (Lipinski definition) is 4. The van der Waals surface area contributed by atoms with Crippen LogP contribution in [0.25, 0.3) is 0 Å². The first-order valence-corrected chi connectivity index (χ1v) is 9.78. The van der Waals surface area contributed by atoms with Crippen molar-refractivity contribution < 1.29 is 14.7 Å². The first-order chi connectivity index (χ1) is 12.5. The van der Waals surface area contributed by atoms with Crippen LogP contribution in [0.1, 0.15) is 38.5 Å². The average Bonchev–Trinajstić information content (AvgIpc) is 2.67. The molecule has 2 fully saturated rings. The lowest BCUT2D eigenvalue weighted by atomic mass is 9.90. The number of nitrogens with zero attached hydrogens (tertiary/aromatic N) is 3. The van der Waals surface area contributed by atoms with Gasteiger partial charge in [0.15, 0.2) is 0 Å². The first kappa shape index (κ1) is 19.0. The molecule has 0 bridgehead atoms. The average molecular weight is 380 g/mol. The zero-order valence-electron chi connectivity index (χ0n) is 14.9. The minimum absolute atomic E-state index is 0.0665. The van der Waals surface area contributed by atoms with Crippen LogP contribution in [-0.4, -0.2) is 53.0 Å². The molecule has 7 heteroatoms. The third kappa shape index (κ3) is 4.87. The Hall–Kier alpha value is -1.82. The van der Waals surface area contributed by atoms with Crippen molar-refractivity contribution in [3.8, 4) is 0 Å². The summed E-state index contributed by atoms with van der Waals surface area (Å²) >= 11 is 5.89. The standard InChI is InChI=1S/C19H26ClN3O3/c20-16-4-5-17(21-12-16)22-10-7-15(8-11-22)19(26)23-9-1-2-14(13-23)3-6-18(24)25/h4-5,12,14-15H,1-3,6-11,13H2,(H,24,25)/t14-/m0/s1. The molecule has 6 nitrogen and oxygen atoms in total. The Labute approximate surface area is 159 Å². The highest BCUT2D eigenvalue weighted by Crippen LogP contribution is 2.27. The molecular weight excluding hydrogens is 354 g/mol. The molecule has 2 aliphatic heterocycles. The number of aliphatic carboxylic acids is 1. The number of anilines is 1. The van der Waals surface area contributed by atoms with Gasteiger partial charge in [-0.15, -0.1) is 0 Å². The van der Waals surface area contributed by atoms with Crippen molar-refractivity contribution >= 4 is 29.3 Å². The largest absolute Gasteiger partial charge is 0.481 e. The van der Waals surface area contributed by atoms with E-state index in [4.69, 9.17) is 16.7 Å². The third-order valence-electron chi connectivity index (χ3n) is 5.48. The van der Waals surface area contributed by atoms with Crippen LogP contribution >= 0.6 is 11.6 Å². The molecule has 1 N–H and O–H groups in total. The highest BCUT2D eigenvalue weighted by Gasteiger charge is 2.31. The Balaban J connectivity index is 1.49. The van der Waals surface area contributed by atoms with Crippen LogP contribution < -0.4 is 4.90 Å². The molecule has 0 radical (unpaired) electrons. The van der Waals surface area contributed by atoms with Gasteiger partial charge in [0.1, 0.15) is 5.82 Å². The first-order valence-electron chi connectivity index (χ1n) is 9.40. The minimum atomic E-state index is -0.753. The SMILES string of the molecule is O=C(O)CC[C@@H]1CCCN(C(=O)C2CCN(c3ccc(Cl)cn3)CC2)C1. The Bertz CT molecular complexity index is 629. The highest BCUT2D eigenvalue weighted by atomic mass is 35.5. The van der Waals surface area contributed by atoms with E-state index in [-0.39, 0.29) is 18.2 Å². The van der Waals surface area contributed by atoms with Crippen LogP contribution in [0, 0.1) is 11.8 Å². The number of amides is 1. The molecule has 0 aliphatic carbocycles. The summed E-state index contributed by atoms with van der Waals surface area (Å²) in [6.45, 7) is 3.16. The van der Waals surface area contributed by atoms with Crippen molar-refractivity contribution in [1.29, 1.82) is 0 Å². The van der Waals surface area contributed by atoms with E-state index >= 15 is 0 Å². The molecule has 0 saturated carbocycles. The van der Waals surface area contributed by atoms with Gasteiger partial charge in [-0.2, -0.15) is 0 Å². The van der Waals surface area contributed by atoms with Crippen LogP contribution in [0.5, 0.6) is 0 Å². The zero-order valence-corrected chi connectivity index (χ0v) is 15.7. The fourth-order valence-corrected chi connectivity index (χ4v) is 4.11. The Kier molecular flexibility index (Phi) is 6.35. The minimum Gasteiger partial charge on any atom is -0.481 e. The maximum Gasteiger partial charge on any atom is 0.303 e. The van der Waals surface area contributed by atoms with E-state index in [0.717, 1.165) is 51.1 Å². The second-order valence-corrected chi connectivity index (χ2v) is 7.76. The number of carbonyl (C=O) groups excluding carboxylic acids is 1. The molecule has 0 spiro atoms. The third-order valence-corrected chi connectivity index (χ3v) is 5.70. The summed E-state index contributed by atoms with van der Waals surface area (Å²) in [7, 11) is 0. The van der Waals surface area contributed by atoms with Crippen LogP contribution in [0.3, 0.4) is 0 Å². The fourth-order valence-electron chi connectivity index (χ4n) is 4.00. The number of likely N-dealkylation sites (tertiary alicyclic amines) is 1. The summed E-state index contributed by atoms with van der Waals surface area (Å²) in [5.74, 6) is 0.788. The Morgan fingerprint density at radius 1 is 1.19 bits per heavy atom. The monoisotopic (exact) mass is 379 g/mol. The highest BCUT2D eigenvalue weighted by molar-refractivity contribution is 6.30. The summed E-state index contributed by atoms with van der Waals surface area (Å²) in [6.07, 6.45) is 6.18. The van der Waals surface area contributed by atoms with E-state index in [1.807, 2.05) is 17.0 Å². The van der Waals surface area contributed by atoms with Crippen LogP contribution in [0.2, 0.25) is 5.02 Å². The molecular formula is C19H26ClN3O3. The number of hydrogen-bond donors (Lipinski definition) is 1. The number of rotatable bonds is 5. The number of halogens is 1. The van der Waals surface area contributed by atoms with E-state index in [0.29, 0.717) is 23.9 Å². The number of carboxylic acid groups (broad SMARTS) is 1. The number of pyridine rings is 1. The molecule has 1 aromatic heterocycles. The van der Waals surface area contributed by atoms with Crippen molar-refractivity contribution in [3.05, 3.63) is 23.4 Å². The van der Waals surface area contributed by atoms with Crippen molar-refractivity contribution in [3.63, 3.8) is 0 Å². The molecule has 2 saturated heterocycles. The lowest BCUT2D eigenvalue weighted by Gasteiger charge is -2.38. The van der Waals surface area contributed by atoms with Gasteiger partial charge in [-0.3, -0.25) is 9.59 Å². The molecule has 2 aliphatic rings. The summed E-state index contributed by atoms with van der Waals surface area (Å²) in [5, 5.41) is 9.49. The van der Waals surface area contributed by atoms with Gasteiger partial charge >= 0.3 is 5.97 Å². The molecule has 1 atom stereocenters. The smallest absolute Gasteiger partial charge is 0.303 e. The molecule has 1 aromatic rings. The number of carbonyl (C=O) groups is 2. The summed E-state index contributed by atoms with van der Waals surface area (Å²) in [4.78, 5) is 32.2. The fraction of sp³-hybridized carbons (Fsp3) is 0.632. The molecule has 3 rings (SSSR count). The number of carboxylic acids is 1. The van der Waals surface area contributed by atoms with Crippen LogP contribution in [-0.2, 0) is 9.59 Å². The van der Waals surface area contributed by atoms with E-state index in [2.05, 4.69) is 9.88 Å². The summed E-state index contributed by atoms with van der Waals surface area (Å²) in [5.41, 5.74) is 0. The topological polar surface area (TPSA) is 73.7 Å². The maximum atomic E-state index is 12.9. The normalized spacial score (nSPS) is 21.7. The molecule has 3 heterocycles. The lowest BCUT2D eigenvalue weighted by molar-refractivity contribution is -0.138. The van der Waals surface area contributed by atoms with Crippen molar-refractivity contribution in [2.24, 2.45) is 11.8 Å². The summed E-state index contributed by atoms with van der Waals surface area (Å²) in [6, 6.07) is 3.76. The van der Waals surface area contributed by atoms with Gasteiger partial charge in [0.05, 0.1) is 5.02 Å². The second kappa shape index (κ2) is 8.71. The van der Waals surface area contributed by atoms with Crippen molar-refractivity contribution in [2.75, 3.05) is 31.1 Å². The van der Waals surface area contributed by atoms with Gasteiger partial charge in [-0.1, -0.05) is 11.6 Å². The van der Waals surface area contributed by atoms with E-state index in [9.17, 15) is 9.59 Å². The van der Waals surface area contributed by atoms with Gasteiger partial charge in [-0.05, 0) is 50.2 Å². The molecule has 26 heavy (non-hydrogen) atoms. The van der Waals surface area contributed by atoms with Crippen LogP contribution in [0.15, 0.2) is 18.3 Å². The van der Waals surface area contributed by atoms with E-state index in [1.54, 1.807) is 6.20 Å². The predicted octanol–water partition coefficient (Wildman–Crippen LogP) is 3.05. The Morgan fingerprint density at radius 2 is 1.96 bits per heavy atom. The van der Waals surface area contributed by atoms with Gasteiger partial charge in [0.2, 0.25) is 5.91 Å². The molecule has 0 unspecified atom stereocenters. The second-order valence-electron chi connectivity index (χ2n) is 7.32.